The number of carbonyl (C=O) groups is 1. The number of benzene rings is 1. The summed E-state index contributed by atoms with van der Waals surface area (Å²) in [5, 5.41) is 3.78. The standard InChI is InChI=1S/C15H19N3O3S/c1-8(2)17-15-18-14(16)13(22-15)12(19)9-5-6-10(20-3)11(7-9)21-4/h5-8H,16H2,1-4H3,(H,17,18). The van der Waals surface area contributed by atoms with Gasteiger partial charge >= 0.3 is 0 Å². The van der Waals surface area contributed by atoms with Crippen molar-refractivity contribution in [2.24, 2.45) is 0 Å². The van der Waals surface area contributed by atoms with E-state index in [-0.39, 0.29) is 17.6 Å². The Hall–Kier alpha value is -2.28. The van der Waals surface area contributed by atoms with Gasteiger partial charge in [0.2, 0.25) is 5.78 Å². The van der Waals surface area contributed by atoms with Gasteiger partial charge in [0.1, 0.15) is 10.7 Å². The van der Waals surface area contributed by atoms with Gasteiger partial charge in [0.25, 0.3) is 0 Å². The van der Waals surface area contributed by atoms with Crippen LogP contribution in [-0.2, 0) is 0 Å². The van der Waals surface area contributed by atoms with Crippen molar-refractivity contribution in [1.82, 2.24) is 4.98 Å². The molecule has 0 aliphatic heterocycles. The first-order valence-corrected chi connectivity index (χ1v) is 7.57. The third kappa shape index (κ3) is 3.30. The van der Waals surface area contributed by atoms with Crippen molar-refractivity contribution < 1.29 is 14.3 Å². The normalized spacial score (nSPS) is 10.6. The van der Waals surface area contributed by atoms with Gasteiger partial charge in [0, 0.05) is 11.6 Å². The number of ether oxygens (including phenoxy) is 2. The van der Waals surface area contributed by atoms with Crippen molar-refractivity contribution in [3.63, 3.8) is 0 Å². The molecule has 0 atom stereocenters. The van der Waals surface area contributed by atoms with Gasteiger partial charge in [0.15, 0.2) is 16.6 Å². The number of hydrogen-bond donors (Lipinski definition) is 2. The van der Waals surface area contributed by atoms with E-state index in [4.69, 9.17) is 15.2 Å². The number of carbonyl (C=O) groups excluding carboxylic acids is 1. The number of methoxy groups -OCH3 is 2. The smallest absolute Gasteiger partial charge is 0.206 e. The molecule has 1 aromatic carbocycles. The molecular formula is C15H19N3O3S. The van der Waals surface area contributed by atoms with Crippen molar-refractivity contribution in [3.05, 3.63) is 28.6 Å². The molecule has 118 valence electrons. The fourth-order valence-electron chi connectivity index (χ4n) is 1.91. The number of nitrogen functional groups attached to an aromatic ring is 1. The number of nitrogens with two attached hydrogens (primary N) is 1. The van der Waals surface area contributed by atoms with Crippen LogP contribution in [0.4, 0.5) is 10.9 Å². The summed E-state index contributed by atoms with van der Waals surface area (Å²) in [6, 6.07) is 5.22. The summed E-state index contributed by atoms with van der Waals surface area (Å²) in [6.45, 7) is 3.99. The Bertz CT molecular complexity index is 683. The maximum Gasteiger partial charge on any atom is 0.206 e. The molecule has 1 aromatic heterocycles. The summed E-state index contributed by atoms with van der Waals surface area (Å²) < 4.78 is 10.4. The summed E-state index contributed by atoms with van der Waals surface area (Å²) >= 11 is 1.25. The summed E-state index contributed by atoms with van der Waals surface area (Å²) in [5.74, 6) is 1.11. The number of rotatable bonds is 6. The maximum absolute atomic E-state index is 12.6. The second kappa shape index (κ2) is 6.65. The van der Waals surface area contributed by atoms with E-state index in [2.05, 4.69) is 10.3 Å². The summed E-state index contributed by atoms with van der Waals surface area (Å²) in [6.07, 6.45) is 0. The third-order valence-electron chi connectivity index (χ3n) is 2.92. The first-order chi connectivity index (χ1) is 10.5. The van der Waals surface area contributed by atoms with Crippen molar-refractivity contribution >= 4 is 28.1 Å². The maximum atomic E-state index is 12.6. The predicted molar refractivity (Wildman–Crippen MR) is 88.3 cm³/mol. The molecule has 0 unspecified atom stereocenters. The molecular weight excluding hydrogens is 302 g/mol. The van der Waals surface area contributed by atoms with Gasteiger partial charge in [-0.1, -0.05) is 11.3 Å². The highest BCUT2D eigenvalue weighted by Crippen LogP contribution is 2.32. The number of aromatic nitrogens is 1. The lowest BCUT2D eigenvalue weighted by molar-refractivity contribution is 0.104. The minimum absolute atomic E-state index is 0.187. The lowest BCUT2D eigenvalue weighted by Gasteiger charge is -2.08. The molecule has 3 N–H and O–H groups in total. The second-order valence-corrected chi connectivity index (χ2v) is 5.93. The molecule has 7 heteroatoms. The molecule has 0 fully saturated rings. The lowest BCUT2D eigenvalue weighted by Crippen LogP contribution is -2.09. The Morgan fingerprint density at radius 2 is 1.95 bits per heavy atom. The molecule has 0 bridgehead atoms. The van der Waals surface area contributed by atoms with E-state index in [0.717, 1.165) is 0 Å². The SMILES string of the molecule is COc1ccc(C(=O)c2sc(NC(C)C)nc2N)cc1OC. The van der Waals surface area contributed by atoms with E-state index in [9.17, 15) is 4.79 Å². The molecule has 0 spiro atoms. The summed E-state index contributed by atoms with van der Waals surface area (Å²) in [7, 11) is 3.07. The van der Waals surface area contributed by atoms with Crippen LogP contribution in [0.15, 0.2) is 18.2 Å². The Morgan fingerprint density at radius 1 is 1.27 bits per heavy atom. The molecule has 6 nitrogen and oxygen atoms in total. The quantitative estimate of drug-likeness (QED) is 0.796. The molecule has 1 heterocycles. The zero-order valence-corrected chi connectivity index (χ0v) is 13.8. The van der Waals surface area contributed by atoms with Gasteiger partial charge in [0.05, 0.1) is 14.2 Å². The number of anilines is 2. The monoisotopic (exact) mass is 321 g/mol. The first kappa shape index (κ1) is 16.1. The Kier molecular flexibility index (Phi) is 4.87. The number of hydrogen-bond acceptors (Lipinski definition) is 7. The topological polar surface area (TPSA) is 86.5 Å². The van der Waals surface area contributed by atoms with E-state index < -0.39 is 0 Å². The van der Waals surface area contributed by atoms with Crippen LogP contribution in [0, 0.1) is 0 Å². The second-order valence-electron chi connectivity index (χ2n) is 4.93. The van der Waals surface area contributed by atoms with Crippen molar-refractivity contribution in [2.75, 3.05) is 25.3 Å². The number of nitrogens with one attached hydrogen (secondary N) is 1. The van der Waals surface area contributed by atoms with Crippen molar-refractivity contribution in [2.45, 2.75) is 19.9 Å². The molecule has 0 aliphatic carbocycles. The van der Waals surface area contributed by atoms with E-state index in [1.54, 1.807) is 25.3 Å². The van der Waals surface area contributed by atoms with E-state index >= 15 is 0 Å². The fraction of sp³-hybridized carbons (Fsp3) is 0.333. The van der Waals surface area contributed by atoms with E-state index in [1.165, 1.54) is 18.4 Å². The van der Waals surface area contributed by atoms with Gasteiger partial charge in [-0.2, -0.15) is 0 Å². The zero-order valence-electron chi connectivity index (χ0n) is 13.0. The summed E-state index contributed by atoms with van der Waals surface area (Å²) in [5.41, 5.74) is 6.34. The minimum Gasteiger partial charge on any atom is -0.493 e. The van der Waals surface area contributed by atoms with Gasteiger partial charge < -0.3 is 20.5 Å². The van der Waals surface area contributed by atoms with Crippen LogP contribution < -0.4 is 20.5 Å². The molecule has 0 amide bonds. The van der Waals surface area contributed by atoms with E-state index in [1.807, 2.05) is 13.8 Å². The van der Waals surface area contributed by atoms with Crippen LogP contribution in [0.3, 0.4) is 0 Å². The van der Waals surface area contributed by atoms with Crippen LogP contribution in [0.1, 0.15) is 29.1 Å². The van der Waals surface area contributed by atoms with Gasteiger partial charge in [-0.05, 0) is 32.0 Å². The number of ketones is 1. The van der Waals surface area contributed by atoms with Crippen LogP contribution in [-0.4, -0.2) is 31.0 Å². The largest absolute Gasteiger partial charge is 0.493 e. The average molecular weight is 321 g/mol. The number of thiazole rings is 1. The molecule has 0 saturated carbocycles. The summed E-state index contributed by atoms with van der Waals surface area (Å²) in [4.78, 5) is 17.2. The van der Waals surface area contributed by atoms with Crippen LogP contribution in [0.2, 0.25) is 0 Å². The molecule has 0 saturated heterocycles. The van der Waals surface area contributed by atoms with Gasteiger partial charge in [-0.25, -0.2) is 4.98 Å². The van der Waals surface area contributed by atoms with Crippen LogP contribution in [0.5, 0.6) is 11.5 Å². The van der Waals surface area contributed by atoms with Crippen molar-refractivity contribution in [3.8, 4) is 11.5 Å². The highest BCUT2D eigenvalue weighted by atomic mass is 32.1. The van der Waals surface area contributed by atoms with Gasteiger partial charge in [-0.3, -0.25) is 4.79 Å². The number of nitrogens with zero attached hydrogens (tertiary/aromatic N) is 1. The molecule has 2 aromatic rings. The third-order valence-corrected chi connectivity index (χ3v) is 3.92. The lowest BCUT2D eigenvalue weighted by atomic mass is 10.1. The van der Waals surface area contributed by atoms with Crippen LogP contribution in [0.25, 0.3) is 0 Å². The highest BCUT2D eigenvalue weighted by Gasteiger charge is 2.19. The first-order valence-electron chi connectivity index (χ1n) is 6.75. The molecule has 22 heavy (non-hydrogen) atoms. The Balaban J connectivity index is 2.34. The molecule has 0 aliphatic rings. The average Bonchev–Trinajstić information content (AvgIpc) is 2.85. The van der Waals surface area contributed by atoms with Crippen molar-refractivity contribution in [1.29, 1.82) is 0 Å². The van der Waals surface area contributed by atoms with E-state index in [0.29, 0.717) is 27.1 Å². The predicted octanol–water partition coefficient (Wildman–Crippen LogP) is 2.79. The molecule has 0 radical (unpaired) electrons. The highest BCUT2D eigenvalue weighted by molar-refractivity contribution is 7.18. The zero-order chi connectivity index (χ0) is 16.3. The minimum atomic E-state index is -0.187. The fourth-order valence-corrected chi connectivity index (χ4v) is 2.90. The molecule has 2 rings (SSSR count). The van der Waals surface area contributed by atoms with Crippen LogP contribution >= 0.6 is 11.3 Å². The Labute approximate surface area is 133 Å². The van der Waals surface area contributed by atoms with Gasteiger partial charge in [-0.15, -0.1) is 0 Å². The Morgan fingerprint density at radius 3 is 2.55 bits per heavy atom.